The minimum absolute atomic E-state index is 0.0277. The molecule has 4 aliphatic rings. The summed E-state index contributed by atoms with van der Waals surface area (Å²) in [6.45, 7) is 1.17. The van der Waals surface area contributed by atoms with Crippen molar-refractivity contribution in [1.29, 1.82) is 0 Å². The Bertz CT molecular complexity index is 942. The van der Waals surface area contributed by atoms with E-state index in [0.29, 0.717) is 18.8 Å². The molecule has 5 heteroatoms. The van der Waals surface area contributed by atoms with Gasteiger partial charge in [0, 0.05) is 30.3 Å². The molecular formula is C22H23NO4. The maximum absolute atomic E-state index is 12.6. The van der Waals surface area contributed by atoms with Gasteiger partial charge in [-0.15, -0.1) is 0 Å². The molecular weight excluding hydrogens is 342 g/mol. The van der Waals surface area contributed by atoms with Crippen LogP contribution in [-0.2, 0) is 10.2 Å². The Morgan fingerprint density at radius 1 is 1.26 bits per heavy atom. The van der Waals surface area contributed by atoms with Gasteiger partial charge in [0.15, 0.2) is 11.5 Å². The smallest absolute Gasteiger partial charge is 0.311 e. The molecule has 2 aromatic rings. The predicted molar refractivity (Wildman–Crippen MR) is 100 cm³/mol. The highest BCUT2D eigenvalue weighted by atomic mass is 16.5. The van der Waals surface area contributed by atoms with E-state index in [2.05, 4.69) is 17.4 Å². The van der Waals surface area contributed by atoms with Gasteiger partial charge >= 0.3 is 5.97 Å². The third-order valence-corrected chi connectivity index (χ3v) is 7.34. The number of nitrogens with one attached hydrogen (secondary N) is 1. The van der Waals surface area contributed by atoms with Crippen LogP contribution in [0.2, 0.25) is 0 Å². The number of aromatic hydroxyl groups is 1. The van der Waals surface area contributed by atoms with Gasteiger partial charge in [-0.2, -0.15) is 0 Å². The van der Waals surface area contributed by atoms with Crippen LogP contribution in [0.3, 0.4) is 0 Å². The molecule has 1 heterocycles. The summed E-state index contributed by atoms with van der Waals surface area (Å²) in [7, 11) is 1.53. The van der Waals surface area contributed by atoms with E-state index in [4.69, 9.17) is 4.74 Å². The molecule has 3 aliphatic carbocycles. The van der Waals surface area contributed by atoms with Gasteiger partial charge in [0.1, 0.15) is 0 Å². The lowest BCUT2D eigenvalue weighted by Gasteiger charge is -2.59. The van der Waals surface area contributed by atoms with E-state index < -0.39 is 16.8 Å². The van der Waals surface area contributed by atoms with E-state index in [9.17, 15) is 15.0 Å². The Morgan fingerprint density at radius 2 is 2.07 bits per heavy atom. The third-order valence-electron chi connectivity index (χ3n) is 7.34. The van der Waals surface area contributed by atoms with E-state index >= 15 is 0 Å². The van der Waals surface area contributed by atoms with E-state index in [1.54, 1.807) is 12.1 Å². The Morgan fingerprint density at radius 3 is 2.81 bits per heavy atom. The summed E-state index contributed by atoms with van der Waals surface area (Å²) in [4.78, 5) is 12.6. The molecule has 6 rings (SSSR count). The zero-order valence-electron chi connectivity index (χ0n) is 15.2. The normalized spacial score (nSPS) is 33.4. The molecule has 2 bridgehead atoms. The molecule has 2 aromatic carbocycles. The number of phenols is 1. The van der Waals surface area contributed by atoms with Gasteiger partial charge in [0.05, 0.1) is 12.5 Å². The first-order chi connectivity index (χ1) is 13.1. The number of carboxylic acids is 1. The number of ether oxygens (including phenoxy) is 1. The van der Waals surface area contributed by atoms with Crippen LogP contribution < -0.4 is 10.1 Å². The highest BCUT2D eigenvalue weighted by Gasteiger charge is 2.68. The van der Waals surface area contributed by atoms with E-state index in [-0.39, 0.29) is 17.6 Å². The molecule has 27 heavy (non-hydrogen) atoms. The van der Waals surface area contributed by atoms with Crippen molar-refractivity contribution in [2.24, 2.45) is 11.3 Å². The molecule has 2 fully saturated rings. The van der Waals surface area contributed by atoms with Crippen LogP contribution in [0.1, 0.15) is 35.4 Å². The summed E-state index contributed by atoms with van der Waals surface area (Å²) in [5.74, 6) is -0.203. The fourth-order valence-corrected chi connectivity index (χ4v) is 6.32. The summed E-state index contributed by atoms with van der Waals surface area (Å²) in [5.41, 5.74) is 2.13. The lowest BCUT2D eigenvalue weighted by atomic mass is 9.42. The summed E-state index contributed by atoms with van der Waals surface area (Å²) in [6, 6.07) is 13.8. The first-order valence-corrected chi connectivity index (χ1v) is 9.46. The van der Waals surface area contributed by atoms with Crippen LogP contribution in [0.25, 0.3) is 0 Å². The third kappa shape index (κ3) is 1.85. The summed E-state index contributed by atoms with van der Waals surface area (Å²) in [5, 5.41) is 24.2. The second-order valence-corrected chi connectivity index (χ2v) is 8.07. The molecule has 0 amide bonds. The van der Waals surface area contributed by atoms with Crippen LogP contribution in [0.5, 0.6) is 11.5 Å². The van der Waals surface area contributed by atoms with Crippen molar-refractivity contribution in [3.8, 4) is 11.5 Å². The number of benzene rings is 2. The zero-order valence-corrected chi connectivity index (χ0v) is 15.2. The van der Waals surface area contributed by atoms with Crippen LogP contribution in [0.4, 0.5) is 0 Å². The lowest BCUT2D eigenvalue weighted by molar-refractivity contribution is -0.157. The molecule has 4 atom stereocenters. The van der Waals surface area contributed by atoms with Gasteiger partial charge in [0.25, 0.3) is 0 Å². The fraction of sp³-hybridized carbons (Fsp3) is 0.409. The molecule has 1 saturated carbocycles. The molecule has 0 spiro atoms. The summed E-state index contributed by atoms with van der Waals surface area (Å²) < 4.78 is 5.22. The Balaban J connectivity index is 1.82. The van der Waals surface area contributed by atoms with E-state index in [1.165, 1.54) is 12.7 Å². The number of hydrogen-bond acceptors (Lipinski definition) is 4. The Hall–Kier alpha value is -2.53. The van der Waals surface area contributed by atoms with Crippen LogP contribution in [0, 0.1) is 11.3 Å². The molecule has 1 aliphatic heterocycles. The zero-order chi connectivity index (χ0) is 18.8. The monoisotopic (exact) mass is 365 g/mol. The highest BCUT2D eigenvalue weighted by Crippen LogP contribution is 2.67. The van der Waals surface area contributed by atoms with Crippen LogP contribution in [0.15, 0.2) is 42.5 Å². The largest absolute Gasteiger partial charge is 0.504 e. The molecule has 3 N–H and O–H groups in total. The van der Waals surface area contributed by atoms with Gasteiger partial charge < -0.3 is 20.3 Å². The molecule has 1 saturated heterocycles. The molecule has 5 nitrogen and oxygen atoms in total. The minimum Gasteiger partial charge on any atom is -0.504 e. The molecule has 4 unspecified atom stereocenters. The van der Waals surface area contributed by atoms with Crippen molar-refractivity contribution in [2.75, 3.05) is 20.2 Å². The first kappa shape index (κ1) is 16.6. The van der Waals surface area contributed by atoms with E-state index in [0.717, 1.165) is 24.0 Å². The number of methoxy groups -OCH3 is 1. The Labute approximate surface area is 158 Å². The maximum Gasteiger partial charge on any atom is 0.311 e. The van der Waals surface area contributed by atoms with Crippen molar-refractivity contribution in [3.63, 3.8) is 0 Å². The fourth-order valence-electron chi connectivity index (χ4n) is 6.32. The minimum atomic E-state index is -0.803. The van der Waals surface area contributed by atoms with Gasteiger partial charge in [-0.3, -0.25) is 4.79 Å². The van der Waals surface area contributed by atoms with Crippen molar-refractivity contribution in [1.82, 2.24) is 5.32 Å². The van der Waals surface area contributed by atoms with Crippen LogP contribution in [-0.4, -0.2) is 36.4 Å². The van der Waals surface area contributed by atoms with Crippen molar-refractivity contribution >= 4 is 5.97 Å². The number of phenolic OH excluding ortho intramolecular Hbond substituents is 1. The number of carboxylic acid groups (broad SMARTS) is 1. The predicted octanol–water partition coefficient (Wildman–Crippen LogP) is 2.87. The Kier molecular flexibility index (Phi) is 3.38. The SMILES string of the molecule is COc1ccc(C23CCC(c4ccccc42)C2(C(=O)O)CNCC32)cc1O. The van der Waals surface area contributed by atoms with Gasteiger partial charge in [-0.05, 0) is 41.7 Å². The summed E-state index contributed by atoms with van der Waals surface area (Å²) >= 11 is 0. The average molecular weight is 365 g/mol. The first-order valence-electron chi connectivity index (χ1n) is 9.46. The van der Waals surface area contributed by atoms with Crippen molar-refractivity contribution < 1.29 is 19.7 Å². The van der Waals surface area contributed by atoms with Crippen molar-refractivity contribution in [2.45, 2.75) is 24.2 Å². The standard InChI is InChI=1S/C22H23NO4/c1-27-18-7-6-13(10-17(18)24)21-9-8-16(14-4-2-3-5-15(14)21)22(20(25)26)12-23-11-19(21)22/h2-7,10,16,19,23-24H,8-9,11-12H2,1H3,(H,25,26). The molecule has 0 radical (unpaired) electrons. The second-order valence-electron chi connectivity index (χ2n) is 8.07. The van der Waals surface area contributed by atoms with Gasteiger partial charge in [0.2, 0.25) is 0 Å². The second kappa shape index (κ2) is 5.49. The topological polar surface area (TPSA) is 78.8 Å². The number of aliphatic carboxylic acids is 1. The van der Waals surface area contributed by atoms with Crippen LogP contribution >= 0.6 is 0 Å². The molecule has 140 valence electrons. The highest BCUT2D eigenvalue weighted by molar-refractivity contribution is 5.80. The number of hydrogen-bond donors (Lipinski definition) is 3. The average Bonchev–Trinajstić information content (AvgIpc) is 3.16. The number of carbonyl (C=O) groups is 1. The lowest BCUT2D eigenvalue weighted by Crippen LogP contribution is -2.60. The van der Waals surface area contributed by atoms with Gasteiger partial charge in [-0.25, -0.2) is 0 Å². The van der Waals surface area contributed by atoms with E-state index in [1.807, 2.05) is 18.2 Å². The quantitative estimate of drug-likeness (QED) is 0.780. The van der Waals surface area contributed by atoms with Gasteiger partial charge in [-0.1, -0.05) is 30.3 Å². The summed E-state index contributed by atoms with van der Waals surface area (Å²) in [6.07, 6.45) is 1.73. The number of fused-ring (bicyclic) bond motifs is 1. The van der Waals surface area contributed by atoms with Crippen molar-refractivity contribution in [3.05, 3.63) is 59.2 Å². The molecule has 0 aromatic heterocycles. The maximum atomic E-state index is 12.6. The number of rotatable bonds is 3.